The number of carbonyl (C=O) groups is 1. The average Bonchev–Trinajstić information content (AvgIpc) is 2.27. The number of ether oxygens (including phenoxy) is 1. The van der Waals surface area contributed by atoms with Gasteiger partial charge in [0.15, 0.2) is 0 Å². The Morgan fingerprint density at radius 1 is 1.56 bits per heavy atom. The normalized spacial score (nSPS) is 26.4. The van der Waals surface area contributed by atoms with E-state index < -0.39 is 11.3 Å². The second-order valence-corrected chi connectivity index (χ2v) is 5.51. The fourth-order valence-electron chi connectivity index (χ4n) is 2.64. The van der Waals surface area contributed by atoms with Crippen LogP contribution in [0, 0.1) is 11.3 Å². The lowest BCUT2D eigenvalue weighted by atomic mass is 9.74. The van der Waals surface area contributed by atoms with Crippen molar-refractivity contribution in [1.82, 2.24) is 0 Å². The predicted octanol–water partition coefficient (Wildman–Crippen LogP) is 2.73. The molecule has 0 aromatic rings. The van der Waals surface area contributed by atoms with Gasteiger partial charge in [0.05, 0.1) is 12.0 Å². The highest BCUT2D eigenvalue weighted by Gasteiger charge is 2.42. The fourth-order valence-corrected chi connectivity index (χ4v) is 2.64. The minimum absolute atomic E-state index is 0.0394. The van der Waals surface area contributed by atoms with Gasteiger partial charge in [-0.1, -0.05) is 0 Å². The summed E-state index contributed by atoms with van der Waals surface area (Å²) in [5, 5.41) is 0. The molecule has 0 aliphatic heterocycles. The summed E-state index contributed by atoms with van der Waals surface area (Å²) >= 11 is 0. The molecule has 0 bridgehead atoms. The first-order valence-electron chi connectivity index (χ1n) is 6.58. The summed E-state index contributed by atoms with van der Waals surface area (Å²) in [5.41, 5.74) is 4.80. The molecule has 0 radical (unpaired) electrons. The van der Waals surface area contributed by atoms with Crippen molar-refractivity contribution in [3.63, 3.8) is 0 Å². The topological polar surface area (TPSA) is 52.3 Å². The van der Waals surface area contributed by atoms with Crippen molar-refractivity contribution < 1.29 is 18.3 Å². The predicted molar refractivity (Wildman–Crippen MR) is 65.3 cm³/mol. The summed E-state index contributed by atoms with van der Waals surface area (Å²) < 4.78 is 31.7. The zero-order chi connectivity index (χ0) is 13.8. The second kappa shape index (κ2) is 5.95. The third-order valence-electron chi connectivity index (χ3n) is 3.70. The lowest BCUT2D eigenvalue weighted by Crippen LogP contribution is -2.40. The first-order valence-corrected chi connectivity index (χ1v) is 6.58. The van der Waals surface area contributed by atoms with Gasteiger partial charge in [0.2, 0.25) is 5.92 Å². The molecule has 0 amide bonds. The van der Waals surface area contributed by atoms with Crippen LogP contribution in [0.1, 0.15) is 46.0 Å². The number of alkyl halides is 2. The van der Waals surface area contributed by atoms with Gasteiger partial charge in [-0.15, -0.1) is 0 Å². The van der Waals surface area contributed by atoms with Gasteiger partial charge in [-0.25, -0.2) is 8.78 Å². The van der Waals surface area contributed by atoms with E-state index in [1.54, 1.807) is 13.8 Å². The van der Waals surface area contributed by atoms with Crippen LogP contribution < -0.4 is 5.73 Å². The second-order valence-electron chi connectivity index (χ2n) is 5.51. The van der Waals surface area contributed by atoms with Crippen molar-refractivity contribution in [2.45, 2.75) is 51.9 Å². The van der Waals surface area contributed by atoms with Gasteiger partial charge in [-0.05, 0) is 39.0 Å². The van der Waals surface area contributed by atoms with E-state index in [-0.39, 0.29) is 37.9 Å². The van der Waals surface area contributed by atoms with Crippen LogP contribution in [0.4, 0.5) is 8.78 Å². The van der Waals surface area contributed by atoms with Crippen LogP contribution in [-0.2, 0) is 9.53 Å². The van der Waals surface area contributed by atoms with Gasteiger partial charge in [0.25, 0.3) is 0 Å². The van der Waals surface area contributed by atoms with E-state index in [2.05, 4.69) is 0 Å². The minimum atomic E-state index is -2.59. The fraction of sp³-hybridized carbons (Fsp3) is 0.923. The highest BCUT2D eigenvalue weighted by atomic mass is 19.3. The van der Waals surface area contributed by atoms with Crippen molar-refractivity contribution in [1.29, 1.82) is 0 Å². The maximum atomic E-state index is 13.3. The Hall–Kier alpha value is -0.710. The first kappa shape index (κ1) is 15.3. The first-order chi connectivity index (χ1) is 8.33. The van der Waals surface area contributed by atoms with Crippen LogP contribution >= 0.6 is 0 Å². The van der Waals surface area contributed by atoms with E-state index in [0.29, 0.717) is 12.8 Å². The number of carbonyl (C=O) groups excluding carboxylic acids is 1. The van der Waals surface area contributed by atoms with Crippen molar-refractivity contribution in [2.24, 2.45) is 17.1 Å². The van der Waals surface area contributed by atoms with Crippen LogP contribution in [0.15, 0.2) is 0 Å². The molecule has 106 valence electrons. The Labute approximate surface area is 107 Å². The number of hydrogen-bond acceptors (Lipinski definition) is 3. The summed E-state index contributed by atoms with van der Waals surface area (Å²) in [6, 6.07) is 0. The molecule has 2 unspecified atom stereocenters. The molecular formula is C13H23F2NO2. The molecule has 1 fully saturated rings. The summed E-state index contributed by atoms with van der Waals surface area (Å²) in [7, 11) is 0. The number of rotatable bonds is 5. The van der Waals surface area contributed by atoms with Gasteiger partial charge in [0.1, 0.15) is 0 Å². The molecule has 0 aromatic heterocycles. The van der Waals surface area contributed by atoms with Gasteiger partial charge >= 0.3 is 5.97 Å². The molecule has 3 nitrogen and oxygen atoms in total. The zero-order valence-corrected chi connectivity index (χ0v) is 11.2. The monoisotopic (exact) mass is 263 g/mol. The summed E-state index contributed by atoms with van der Waals surface area (Å²) in [6.07, 6.45) is 1.47. The number of esters is 1. The third-order valence-corrected chi connectivity index (χ3v) is 3.70. The van der Waals surface area contributed by atoms with E-state index in [1.807, 2.05) is 0 Å². The van der Waals surface area contributed by atoms with Crippen molar-refractivity contribution in [3.8, 4) is 0 Å². The van der Waals surface area contributed by atoms with E-state index in [1.165, 1.54) is 0 Å². The van der Waals surface area contributed by atoms with Crippen molar-refractivity contribution >= 4 is 5.97 Å². The standard InChI is InChI=1S/C13H23F2NO2/c1-3-18-11(17)12(2,9-16)7-10-5-4-6-13(14,15)8-10/h10H,3-9,16H2,1-2H3. The smallest absolute Gasteiger partial charge is 0.313 e. The third kappa shape index (κ3) is 3.90. The summed E-state index contributed by atoms with van der Waals surface area (Å²) in [4.78, 5) is 11.8. The van der Waals surface area contributed by atoms with E-state index in [4.69, 9.17) is 10.5 Å². The van der Waals surface area contributed by atoms with Crippen LogP contribution in [0.25, 0.3) is 0 Å². The quantitative estimate of drug-likeness (QED) is 0.776. The summed E-state index contributed by atoms with van der Waals surface area (Å²) in [6.45, 7) is 3.85. The number of halogens is 2. The van der Waals surface area contributed by atoms with E-state index in [0.717, 1.165) is 6.42 Å². The van der Waals surface area contributed by atoms with E-state index >= 15 is 0 Å². The van der Waals surface area contributed by atoms with Crippen LogP contribution in [-0.4, -0.2) is 25.0 Å². The van der Waals surface area contributed by atoms with Gasteiger partial charge < -0.3 is 10.5 Å². The molecule has 2 atom stereocenters. The molecule has 1 aliphatic carbocycles. The van der Waals surface area contributed by atoms with Crippen LogP contribution in [0.2, 0.25) is 0 Å². The highest BCUT2D eigenvalue weighted by molar-refractivity contribution is 5.76. The zero-order valence-electron chi connectivity index (χ0n) is 11.2. The minimum Gasteiger partial charge on any atom is -0.466 e. The largest absolute Gasteiger partial charge is 0.466 e. The Kier molecular flexibility index (Phi) is 5.08. The SMILES string of the molecule is CCOC(=O)C(C)(CN)CC1CCCC(F)(F)C1. The molecule has 1 aliphatic rings. The molecule has 18 heavy (non-hydrogen) atoms. The van der Waals surface area contributed by atoms with Crippen LogP contribution in [0.3, 0.4) is 0 Å². The highest BCUT2D eigenvalue weighted by Crippen LogP contribution is 2.41. The molecule has 0 aromatic carbocycles. The van der Waals surface area contributed by atoms with Gasteiger partial charge in [-0.3, -0.25) is 4.79 Å². The van der Waals surface area contributed by atoms with Gasteiger partial charge in [0, 0.05) is 19.4 Å². The molecule has 2 N–H and O–H groups in total. The Morgan fingerprint density at radius 2 is 2.22 bits per heavy atom. The molecule has 5 heteroatoms. The van der Waals surface area contributed by atoms with E-state index in [9.17, 15) is 13.6 Å². The molecule has 0 heterocycles. The number of hydrogen-bond donors (Lipinski definition) is 1. The van der Waals surface area contributed by atoms with Crippen molar-refractivity contribution in [2.75, 3.05) is 13.2 Å². The maximum Gasteiger partial charge on any atom is 0.313 e. The Bertz CT molecular complexity index is 297. The van der Waals surface area contributed by atoms with Gasteiger partial charge in [-0.2, -0.15) is 0 Å². The molecule has 1 saturated carbocycles. The molecular weight excluding hydrogens is 240 g/mol. The van der Waals surface area contributed by atoms with Crippen LogP contribution in [0.5, 0.6) is 0 Å². The summed E-state index contributed by atoms with van der Waals surface area (Å²) in [5.74, 6) is -3.11. The lowest BCUT2D eigenvalue weighted by Gasteiger charge is -2.34. The molecule has 1 rings (SSSR count). The molecule has 0 spiro atoms. The maximum absolute atomic E-state index is 13.3. The molecule has 0 saturated heterocycles. The Balaban J connectivity index is 2.64. The number of nitrogens with two attached hydrogens (primary N) is 1. The average molecular weight is 263 g/mol. The van der Waals surface area contributed by atoms with Crippen molar-refractivity contribution in [3.05, 3.63) is 0 Å². The Morgan fingerprint density at radius 3 is 2.72 bits per heavy atom. The lowest BCUT2D eigenvalue weighted by molar-refractivity contribution is -0.156.